The Hall–Kier alpha value is -0.830. The molecule has 2 nitrogen and oxygen atoms in total. The number of hydrogen-bond donors (Lipinski definition) is 0. The number of nitrogens with zero attached hydrogens (tertiary/aromatic N) is 2. The quantitative estimate of drug-likeness (QED) is 0.739. The molecule has 1 rings (SSSR count). The van der Waals surface area contributed by atoms with Gasteiger partial charge >= 0.3 is 0 Å². The van der Waals surface area contributed by atoms with Gasteiger partial charge in [0.05, 0.1) is 17.1 Å². The molecule has 1 heterocycles. The zero-order chi connectivity index (χ0) is 13.6. The minimum Gasteiger partial charge on any atom is -0.255 e. The van der Waals surface area contributed by atoms with Crippen LogP contribution < -0.4 is 0 Å². The smallest absolute Gasteiger partial charge is 0.0842 e. The lowest BCUT2D eigenvalue weighted by atomic mass is 9.87. The van der Waals surface area contributed by atoms with Crippen LogP contribution in [0.4, 0.5) is 0 Å². The van der Waals surface area contributed by atoms with Crippen LogP contribution in [0.2, 0.25) is 0 Å². The molecule has 0 N–H and O–H groups in total. The molecular formula is C15H28N2S. The summed E-state index contributed by atoms with van der Waals surface area (Å²) in [5.41, 5.74) is 4.47. The molecule has 0 aliphatic heterocycles. The van der Waals surface area contributed by atoms with Gasteiger partial charge in [-0.25, -0.2) is 0 Å². The van der Waals surface area contributed by atoms with Gasteiger partial charge in [0.1, 0.15) is 0 Å². The lowest BCUT2D eigenvalue weighted by Crippen LogP contribution is -2.06. The summed E-state index contributed by atoms with van der Waals surface area (Å²) in [6.07, 6.45) is 3.94. The predicted octanol–water partition coefficient (Wildman–Crippen LogP) is 4.68. The average molecular weight is 268 g/mol. The summed E-state index contributed by atoms with van der Waals surface area (Å²) in [6.45, 7) is 16.7. The van der Waals surface area contributed by atoms with Gasteiger partial charge in [-0.1, -0.05) is 40.2 Å². The molecule has 0 aliphatic carbocycles. The van der Waals surface area contributed by atoms with Gasteiger partial charge in [0, 0.05) is 6.20 Å². The van der Waals surface area contributed by atoms with E-state index in [1.54, 1.807) is 0 Å². The lowest BCUT2D eigenvalue weighted by molar-refractivity contribution is 0.507. The van der Waals surface area contributed by atoms with Crippen LogP contribution in [-0.4, -0.2) is 9.97 Å². The lowest BCUT2D eigenvalue weighted by Gasteiger charge is -2.19. The molecule has 1 aromatic rings. The predicted molar refractivity (Wildman–Crippen MR) is 86.3 cm³/mol. The summed E-state index contributed by atoms with van der Waals surface area (Å²) < 4.78 is 0. The van der Waals surface area contributed by atoms with Gasteiger partial charge < -0.3 is 0 Å². The Bertz CT molecular complexity index is 390. The minimum atomic E-state index is 0. The molecule has 0 spiro atoms. The molecule has 0 fully saturated rings. The maximum Gasteiger partial charge on any atom is 0.0842 e. The molecule has 0 bridgehead atoms. The normalized spacial score (nSPS) is 11.2. The van der Waals surface area contributed by atoms with E-state index in [1.165, 1.54) is 5.57 Å². The van der Waals surface area contributed by atoms with Gasteiger partial charge in [0.25, 0.3) is 0 Å². The molecule has 3 heteroatoms. The fourth-order valence-electron chi connectivity index (χ4n) is 1.17. The number of rotatable bonds is 1. The van der Waals surface area contributed by atoms with E-state index in [9.17, 15) is 0 Å². The van der Waals surface area contributed by atoms with Gasteiger partial charge in [-0.05, 0) is 32.3 Å². The second-order valence-corrected chi connectivity index (χ2v) is 5.06. The topological polar surface area (TPSA) is 25.8 Å². The van der Waals surface area contributed by atoms with Crippen LogP contribution in [0.1, 0.15) is 58.6 Å². The van der Waals surface area contributed by atoms with E-state index < -0.39 is 0 Å². The van der Waals surface area contributed by atoms with Crippen LogP contribution in [0.3, 0.4) is 0 Å². The summed E-state index contributed by atoms with van der Waals surface area (Å²) in [5.74, 6) is 0. The SMILES string of the molecule is C/C(=C\c1ncc(C)nc1C)C(C)(C)C.CC.S. The second kappa shape index (κ2) is 8.30. The number of hydrogen-bond acceptors (Lipinski definition) is 2. The van der Waals surface area contributed by atoms with Crippen molar-refractivity contribution in [1.82, 2.24) is 9.97 Å². The number of aromatic nitrogens is 2. The Morgan fingerprint density at radius 1 is 1.17 bits per heavy atom. The fraction of sp³-hybridized carbons (Fsp3) is 0.600. The highest BCUT2D eigenvalue weighted by molar-refractivity contribution is 7.59. The third-order valence-electron chi connectivity index (χ3n) is 2.64. The molecule has 0 aliphatic rings. The molecule has 1 aromatic heterocycles. The van der Waals surface area contributed by atoms with Crippen molar-refractivity contribution in [3.05, 3.63) is 28.9 Å². The van der Waals surface area contributed by atoms with Crippen LogP contribution in [0.5, 0.6) is 0 Å². The first-order valence-electron chi connectivity index (χ1n) is 6.30. The Kier molecular flexibility index (Phi) is 9.00. The monoisotopic (exact) mass is 268 g/mol. The molecule has 0 amide bonds. The molecule has 0 saturated carbocycles. The van der Waals surface area contributed by atoms with Gasteiger partial charge in [-0.3, -0.25) is 9.97 Å². The van der Waals surface area contributed by atoms with Crippen LogP contribution in [0.25, 0.3) is 6.08 Å². The molecule has 0 radical (unpaired) electrons. The van der Waals surface area contributed by atoms with Crippen molar-refractivity contribution in [2.24, 2.45) is 5.41 Å². The molecule has 104 valence electrons. The van der Waals surface area contributed by atoms with E-state index in [0.29, 0.717) is 0 Å². The van der Waals surface area contributed by atoms with E-state index in [0.717, 1.165) is 17.1 Å². The van der Waals surface area contributed by atoms with E-state index in [4.69, 9.17) is 0 Å². The Balaban J connectivity index is 0. The van der Waals surface area contributed by atoms with Gasteiger partial charge in [-0.2, -0.15) is 13.5 Å². The molecule has 0 atom stereocenters. The zero-order valence-electron chi connectivity index (χ0n) is 13.0. The molecule has 18 heavy (non-hydrogen) atoms. The van der Waals surface area contributed by atoms with Gasteiger partial charge in [0.2, 0.25) is 0 Å². The first kappa shape index (κ1) is 19.5. The highest BCUT2D eigenvalue weighted by atomic mass is 32.1. The first-order chi connectivity index (χ1) is 7.80. The Morgan fingerprint density at radius 3 is 2.06 bits per heavy atom. The standard InChI is InChI=1S/C13H20N2.C2H6.H2S/c1-9(13(4,5)6)7-12-11(3)15-10(2)8-14-12;1-2;/h7-8H,1-6H3;1-2H3;1H2/b9-7+;;. The fourth-order valence-corrected chi connectivity index (χ4v) is 1.17. The number of aryl methyl sites for hydroxylation is 2. The zero-order valence-corrected chi connectivity index (χ0v) is 14.0. The van der Waals surface area contributed by atoms with Crippen molar-refractivity contribution < 1.29 is 0 Å². The van der Waals surface area contributed by atoms with Crippen molar-refractivity contribution >= 4 is 19.6 Å². The summed E-state index contributed by atoms with van der Waals surface area (Å²) in [4.78, 5) is 8.79. The first-order valence-corrected chi connectivity index (χ1v) is 6.30. The molecule has 0 saturated heterocycles. The molecule has 0 aromatic carbocycles. The molecular weight excluding hydrogens is 240 g/mol. The highest BCUT2D eigenvalue weighted by Gasteiger charge is 2.13. The maximum absolute atomic E-state index is 4.40. The van der Waals surface area contributed by atoms with Gasteiger partial charge in [0.15, 0.2) is 0 Å². The van der Waals surface area contributed by atoms with Crippen LogP contribution in [0, 0.1) is 19.3 Å². The summed E-state index contributed by atoms with van der Waals surface area (Å²) in [5, 5.41) is 0. The maximum atomic E-state index is 4.40. The summed E-state index contributed by atoms with van der Waals surface area (Å²) in [6, 6.07) is 0. The van der Waals surface area contributed by atoms with Crippen LogP contribution >= 0.6 is 13.5 Å². The third-order valence-corrected chi connectivity index (χ3v) is 2.64. The average Bonchev–Trinajstić information content (AvgIpc) is 2.23. The second-order valence-electron chi connectivity index (χ2n) is 5.06. The largest absolute Gasteiger partial charge is 0.255 e. The van der Waals surface area contributed by atoms with E-state index in [2.05, 4.69) is 43.7 Å². The summed E-state index contributed by atoms with van der Waals surface area (Å²) in [7, 11) is 0. The van der Waals surface area contributed by atoms with Crippen LogP contribution in [0.15, 0.2) is 11.8 Å². The van der Waals surface area contributed by atoms with Gasteiger partial charge in [-0.15, -0.1) is 0 Å². The van der Waals surface area contributed by atoms with E-state index >= 15 is 0 Å². The number of allylic oxidation sites excluding steroid dienone is 1. The van der Waals surface area contributed by atoms with Crippen molar-refractivity contribution in [2.45, 2.75) is 55.4 Å². The van der Waals surface area contributed by atoms with Crippen molar-refractivity contribution in [3.63, 3.8) is 0 Å². The van der Waals surface area contributed by atoms with Crippen molar-refractivity contribution in [2.75, 3.05) is 0 Å². The minimum absolute atomic E-state index is 0. The Labute approximate surface area is 119 Å². The van der Waals surface area contributed by atoms with E-state index in [1.807, 2.05) is 33.9 Å². The Morgan fingerprint density at radius 2 is 1.67 bits per heavy atom. The molecule has 0 unspecified atom stereocenters. The summed E-state index contributed by atoms with van der Waals surface area (Å²) >= 11 is 0. The highest BCUT2D eigenvalue weighted by Crippen LogP contribution is 2.26. The van der Waals surface area contributed by atoms with Crippen molar-refractivity contribution in [1.29, 1.82) is 0 Å². The third kappa shape index (κ3) is 6.20. The van der Waals surface area contributed by atoms with E-state index in [-0.39, 0.29) is 18.9 Å². The van der Waals surface area contributed by atoms with Crippen LogP contribution in [-0.2, 0) is 0 Å². The van der Waals surface area contributed by atoms with Crippen molar-refractivity contribution in [3.8, 4) is 0 Å².